The molecule has 3 aromatic rings. The van der Waals surface area contributed by atoms with E-state index in [2.05, 4.69) is 0 Å². The molecule has 1 atom stereocenters. The number of aliphatic hydroxyl groups excluding tert-OH is 1. The van der Waals surface area contributed by atoms with E-state index in [1.807, 2.05) is 6.92 Å². The number of benzene rings is 3. The maximum absolute atomic E-state index is 14.9. The molecule has 0 radical (unpaired) electrons. The lowest BCUT2D eigenvalue weighted by molar-refractivity contribution is -0.219. The average Bonchev–Trinajstić information content (AvgIpc) is 2.84. The third-order valence-corrected chi connectivity index (χ3v) is 6.18. The summed E-state index contributed by atoms with van der Waals surface area (Å²) in [6.07, 6.45) is 0.189. The van der Waals surface area contributed by atoms with Gasteiger partial charge < -0.3 is 14.6 Å². The van der Waals surface area contributed by atoms with Gasteiger partial charge in [-0.1, -0.05) is 37.6 Å². The molecule has 0 aromatic heterocycles. The van der Waals surface area contributed by atoms with Crippen molar-refractivity contribution in [3.63, 3.8) is 0 Å². The Bertz CT molecular complexity index is 1170. The monoisotopic (exact) mass is 492 g/mol. The molecule has 4 rings (SSSR count). The Balaban J connectivity index is 1.52. The molecule has 186 valence electrons. The first-order chi connectivity index (χ1) is 16.8. The van der Waals surface area contributed by atoms with Crippen molar-refractivity contribution in [2.45, 2.75) is 38.8 Å². The number of rotatable bonds is 7. The van der Waals surface area contributed by atoms with Crippen molar-refractivity contribution >= 4 is 0 Å². The number of hydrogen-bond donors (Lipinski definition) is 1. The summed E-state index contributed by atoms with van der Waals surface area (Å²) in [6, 6.07) is 9.84. The van der Waals surface area contributed by atoms with Gasteiger partial charge in [-0.2, -0.15) is 0 Å². The topological polar surface area (TPSA) is 38.7 Å². The maximum Gasteiger partial charge on any atom is 0.183 e. The molecule has 1 heterocycles. The number of aliphatic hydroxyl groups is 1. The second-order valence-corrected chi connectivity index (χ2v) is 8.60. The quantitative estimate of drug-likeness (QED) is 0.366. The fourth-order valence-electron chi connectivity index (χ4n) is 4.18. The summed E-state index contributed by atoms with van der Waals surface area (Å²) in [5.41, 5.74) is -0.109. The second-order valence-electron chi connectivity index (χ2n) is 8.60. The van der Waals surface area contributed by atoms with Crippen molar-refractivity contribution in [3.8, 4) is 22.3 Å². The molecule has 1 aliphatic heterocycles. The highest BCUT2D eigenvalue weighted by Gasteiger charge is 2.28. The van der Waals surface area contributed by atoms with Crippen LogP contribution in [0.1, 0.15) is 37.2 Å². The molecule has 1 saturated heterocycles. The van der Waals surface area contributed by atoms with Crippen LogP contribution < -0.4 is 0 Å². The zero-order valence-corrected chi connectivity index (χ0v) is 19.0. The van der Waals surface area contributed by atoms with Gasteiger partial charge in [-0.05, 0) is 41.8 Å². The van der Waals surface area contributed by atoms with Crippen molar-refractivity contribution in [1.82, 2.24) is 0 Å². The predicted molar refractivity (Wildman–Crippen MR) is 121 cm³/mol. The highest BCUT2D eigenvalue weighted by atomic mass is 19.2. The molecule has 0 aliphatic carbocycles. The molecule has 0 bridgehead atoms. The smallest absolute Gasteiger partial charge is 0.183 e. The Morgan fingerprint density at radius 2 is 1.40 bits per heavy atom. The molecule has 3 nitrogen and oxygen atoms in total. The second kappa shape index (κ2) is 10.8. The van der Waals surface area contributed by atoms with Gasteiger partial charge in [-0.25, -0.2) is 22.0 Å². The fourth-order valence-corrected chi connectivity index (χ4v) is 4.18. The van der Waals surface area contributed by atoms with Crippen LogP contribution in [0.4, 0.5) is 22.0 Å². The van der Waals surface area contributed by atoms with Crippen LogP contribution in [0.15, 0.2) is 48.5 Å². The van der Waals surface area contributed by atoms with E-state index in [4.69, 9.17) is 9.47 Å². The first-order valence-corrected chi connectivity index (χ1v) is 11.4. The molecule has 8 heteroatoms. The van der Waals surface area contributed by atoms with Gasteiger partial charge in [0.2, 0.25) is 0 Å². The molecular weight excluding hydrogens is 467 g/mol. The van der Waals surface area contributed by atoms with E-state index in [0.717, 1.165) is 24.6 Å². The molecule has 1 fully saturated rings. The van der Waals surface area contributed by atoms with Gasteiger partial charge >= 0.3 is 0 Å². The zero-order chi connectivity index (χ0) is 25.1. The molecule has 0 amide bonds. The van der Waals surface area contributed by atoms with Gasteiger partial charge in [-0.15, -0.1) is 0 Å². The lowest BCUT2D eigenvalue weighted by atomic mass is 9.97. The number of hydrogen-bond acceptors (Lipinski definition) is 3. The highest BCUT2D eigenvalue weighted by Crippen LogP contribution is 2.34. The maximum atomic E-state index is 14.9. The molecule has 0 saturated carbocycles. The van der Waals surface area contributed by atoms with Crippen molar-refractivity contribution in [3.05, 3.63) is 82.9 Å². The van der Waals surface area contributed by atoms with Gasteiger partial charge in [0.05, 0.1) is 24.9 Å². The minimum absolute atomic E-state index is 0.0916. The van der Waals surface area contributed by atoms with Crippen molar-refractivity contribution in [2.24, 2.45) is 5.92 Å². The molecule has 0 spiro atoms. The molecule has 1 N–H and O–H groups in total. The fraction of sp³-hybridized carbons (Fsp3) is 0.333. The summed E-state index contributed by atoms with van der Waals surface area (Å²) >= 11 is 0. The minimum Gasteiger partial charge on any atom is -0.393 e. The Hall–Kier alpha value is -2.81. The van der Waals surface area contributed by atoms with Crippen LogP contribution in [0.25, 0.3) is 22.3 Å². The summed E-state index contributed by atoms with van der Waals surface area (Å²) < 4.78 is 81.7. The normalized spacial score (nSPS) is 19.1. The SMILES string of the molecule is CCCC(O)C1COC(c2ccc(-c3ccc(-c4cc(F)c(CF)c(F)c4)c(F)c3)c(F)c2)OC1. The summed E-state index contributed by atoms with van der Waals surface area (Å²) in [5.74, 6) is -3.79. The Morgan fingerprint density at radius 1 is 0.829 bits per heavy atom. The van der Waals surface area contributed by atoms with Gasteiger partial charge in [-0.3, -0.25) is 0 Å². The summed E-state index contributed by atoms with van der Waals surface area (Å²) in [4.78, 5) is 0. The van der Waals surface area contributed by atoms with Gasteiger partial charge in [0.15, 0.2) is 6.29 Å². The lowest BCUT2D eigenvalue weighted by Gasteiger charge is -2.32. The summed E-state index contributed by atoms with van der Waals surface area (Å²) in [5, 5.41) is 10.1. The van der Waals surface area contributed by atoms with E-state index in [-0.39, 0.29) is 41.4 Å². The summed E-state index contributed by atoms with van der Waals surface area (Å²) in [7, 11) is 0. The van der Waals surface area contributed by atoms with E-state index in [0.29, 0.717) is 12.0 Å². The lowest BCUT2D eigenvalue weighted by Crippen LogP contribution is -2.35. The Morgan fingerprint density at radius 3 is 1.97 bits per heavy atom. The van der Waals surface area contributed by atoms with Crippen LogP contribution in [-0.2, 0) is 16.1 Å². The van der Waals surface area contributed by atoms with Crippen LogP contribution in [-0.4, -0.2) is 24.4 Å². The van der Waals surface area contributed by atoms with E-state index in [9.17, 15) is 27.1 Å². The Kier molecular flexibility index (Phi) is 7.84. The van der Waals surface area contributed by atoms with E-state index >= 15 is 0 Å². The number of alkyl halides is 1. The van der Waals surface area contributed by atoms with Crippen molar-refractivity contribution in [2.75, 3.05) is 13.2 Å². The van der Waals surface area contributed by atoms with Gasteiger partial charge in [0.25, 0.3) is 0 Å². The van der Waals surface area contributed by atoms with Crippen LogP contribution >= 0.6 is 0 Å². The minimum atomic E-state index is -1.31. The third kappa shape index (κ3) is 5.39. The molecule has 1 unspecified atom stereocenters. The van der Waals surface area contributed by atoms with E-state index in [1.54, 1.807) is 6.07 Å². The highest BCUT2D eigenvalue weighted by molar-refractivity contribution is 5.72. The van der Waals surface area contributed by atoms with E-state index < -0.39 is 47.9 Å². The van der Waals surface area contributed by atoms with Crippen molar-refractivity contribution in [1.29, 1.82) is 0 Å². The van der Waals surface area contributed by atoms with Crippen molar-refractivity contribution < 1.29 is 36.5 Å². The Labute approximate surface area is 200 Å². The molecular formula is C27H25F5O3. The van der Waals surface area contributed by atoms with Gasteiger partial charge in [0, 0.05) is 22.6 Å². The van der Waals surface area contributed by atoms with Crippen LogP contribution in [0, 0.1) is 29.2 Å². The molecule has 1 aliphatic rings. The van der Waals surface area contributed by atoms with Gasteiger partial charge in [0.1, 0.15) is 29.9 Å². The zero-order valence-electron chi connectivity index (χ0n) is 19.0. The molecule has 35 heavy (non-hydrogen) atoms. The number of ether oxygens (including phenoxy) is 2. The van der Waals surface area contributed by atoms with Crippen LogP contribution in [0.3, 0.4) is 0 Å². The summed E-state index contributed by atoms with van der Waals surface area (Å²) in [6.45, 7) is 1.24. The third-order valence-electron chi connectivity index (χ3n) is 6.18. The van der Waals surface area contributed by atoms with Crippen LogP contribution in [0.2, 0.25) is 0 Å². The molecule has 3 aromatic carbocycles. The number of halogens is 5. The average molecular weight is 492 g/mol. The standard InChI is InChI=1S/C27H25F5O3/c1-2-3-26(33)18-13-34-27(35-14-18)16-5-7-19(23(30)9-16)15-4-6-20(22(29)8-15)17-10-24(31)21(12-28)25(32)11-17/h4-11,18,26-27,33H,2-3,12-14H2,1H3. The van der Waals surface area contributed by atoms with Crippen LogP contribution in [0.5, 0.6) is 0 Å². The van der Waals surface area contributed by atoms with E-state index in [1.165, 1.54) is 24.3 Å². The predicted octanol–water partition coefficient (Wildman–Crippen LogP) is 6.87. The first-order valence-electron chi connectivity index (χ1n) is 11.4. The first kappa shape index (κ1) is 25.3. The largest absolute Gasteiger partial charge is 0.393 e.